The van der Waals surface area contributed by atoms with Crippen molar-refractivity contribution in [3.05, 3.63) is 71.9 Å². The van der Waals surface area contributed by atoms with Gasteiger partial charge in [0, 0.05) is 0 Å². The van der Waals surface area contributed by atoms with Crippen LogP contribution in [-0.2, 0) is 10.0 Å². The van der Waals surface area contributed by atoms with Crippen molar-refractivity contribution in [2.24, 2.45) is 0 Å². The van der Waals surface area contributed by atoms with E-state index in [0.717, 1.165) is 5.56 Å². The van der Waals surface area contributed by atoms with Gasteiger partial charge in [-0.25, -0.2) is 13.4 Å². The molecule has 3 rings (SSSR count). The Morgan fingerprint density at radius 2 is 1.89 bits per heavy atom. The number of rotatable bonds is 6. The maximum atomic E-state index is 12.7. The van der Waals surface area contributed by atoms with E-state index in [1.807, 2.05) is 0 Å². The number of hydrogen-bond donors (Lipinski definition) is 2. The molecular weight excluding hydrogens is 376 g/mol. The van der Waals surface area contributed by atoms with Gasteiger partial charge in [-0.3, -0.25) is 4.72 Å². The lowest BCUT2D eigenvalue weighted by atomic mass is 10.2. The molecule has 0 aliphatic rings. The van der Waals surface area contributed by atoms with E-state index >= 15 is 0 Å². The number of anilines is 3. The quantitative estimate of drug-likeness (QED) is 0.659. The number of benzene rings is 2. The van der Waals surface area contributed by atoms with Gasteiger partial charge in [-0.1, -0.05) is 18.2 Å². The molecule has 0 amide bonds. The van der Waals surface area contributed by atoms with Crippen LogP contribution in [0, 0.1) is 18.3 Å². The summed E-state index contributed by atoms with van der Waals surface area (Å²) in [7, 11) is -2.42. The Labute approximate surface area is 163 Å². The van der Waals surface area contributed by atoms with Crippen LogP contribution in [-0.4, -0.2) is 20.5 Å². The molecule has 0 aliphatic heterocycles. The SMILES string of the molecule is COc1ccc(C)cc1S(=O)(=O)Nc1ccc(Nc2ccccc2C#N)nc1. The summed E-state index contributed by atoms with van der Waals surface area (Å²) in [6, 6.07) is 17.3. The zero-order valence-electron chi connectivity index (χ0n) is 15.3. The van der Waals surface area contributed by atoms with E-state index in [2.05, 4.69) is 21.1 Å². The van der Waals surface area contributed by atoms with Gasteiger partial charge >= 0.3 is 0 Å². The molecule has 2 aromatic carbocycles. The summed E-state index contributed by atoms with van der Waals surface area (Å²) in [6.07, 6.45) is 1.40. The number of nitrogens with zero attached hydrogens (tertiary/aromatic N) is 2. The smallest absolute Gasteiger partial charge is 0.265 e. The van der Waals surface area contributed by atoms with Crippen molar-refractivity contribution in [2.45, 2.75) is 11.8 Å². The molecule has 2 N–H and O–H groups in total. The van der Waals surface area contributed by atoms with E-state index in [1.165, 1.54) is 13.3 Å². The Kier molecular flexibility index (Phi) is 5.47. The monoisotopic (exact) mass is 394 g/mol. The number of pyridine rings is 1. The van der Waals surface area contributed by atoms with Crippen LogP contribution in [0.2, 0.25) is 0 Å². The van der Waals surface area contributed by atoms with Gasteiger partial charge in [0.1, 0.15) is 22.5 Å². The highest BCUT2D eigenvalue weighted by Gasteiger charge is 2.20. The van der Waals surface area contributed by atoms with E-state index in [4.69, 9.17) is 10.00 Å². The molecule has 3 aromatic rings. The zero-order valence-corrected chi connectivity index (χ0v) is 16.1. The lowest BCUT2D eigenvalue weighted by Crippen LogP contribution is -2.14. The van der Waals surface area contributed by atoms with Gasteiger partial charge in [0.25, 0.3) is 10.0 Å². The molecule has 0 saturated carbocycles. The summed E-state index contributed by atoms with van der Waals surface area (Å²) in [5.74, 6) is 0.747. The predicted octanol–water partition coefficient (Wildman–Crippen LogP) is 3.81. The van der Waals surface area contributed by atoms with E-state index in [0.29, 0.717) is 22.8 Å². The van der Waals surface area contributed by atoms with Crippen LogP contribution in [0.1, 0.15) is 11.1 Å². The minimum absolute atomic E-state index is 0.0557. The summed E-state index contributed by atoms with van der Waals surface area (Å²) in [4.78, 5) is 4.26. The number of sulfonamides is 1. The fraction of sp³-hybridized carbons (Fsp3) is 0.100. The van der Waals surface area contributed by atoms with Crippen LogP contribution in [0.5, 0.6) is 5.75 Å². The van der Waals surface area contributed by atoms with Gasteiger partial charge in [-0.2, -0.15) is 5.26 Å². The molecular formula is C20H18N4O3S. The third-order valence-electron chi connectivity index (χ3n) is 3.93. The molecule has 0 fully saturated rings. The van der Waals surface area contributed by atoms with Gasteiger partial charge in [-0.15, -0.1) is 0 Å². The lowest BCUT2D eigenvalue weighted by Gasteiger charge is -2.13. The van der Waals surface area contributed by atoms with Crippen LogP contribution >= 0.6 is 0 Å². The predicted molar refractivity (Wildman–Crippen MR) is 107 cm³/mol. The number of aryl methyl sites for hydroxylation is 1. The van der Waals surface area contributed by atoms with Crippen molar-refractivity contribution in [1.29, 1.82) is 5.26 Å². The Bertz CT molecular complexity index is 1140. The van der Waals surface area contributed by atoms with E-state index in [-0.39, 0.29) is 10.6 Å². The molecule has 0 spiro atoms. The van der Waals surface area contributed by atoms with Crippen LogP contribution in [0.3, 0.4) is 0 Å². The van der Waals surface area contributed by atoms with E-state index in [1.54, 1.807) is 61.5 Å². The molecule has 0 atom stereocenters. The van der Waals surface area contributed by atoms with Crippen molar-refractivity contribution >= 4 is 27.2 Å². The highest BCUT2D eigenvalue weighted by Crippen LogP contribution is 2.27. The second-order valence-corrected chi connectivity index (χ2v) is 7.63. The highest BCUT2D eigenvalue weighted by molar-refractivity contribution is 7.92. The van der Waals surface area contributed by atoms with Crippen LogP contribution in [0.4, 0.5) is 17.2 Å². The second kappa shape index (κ2) is 7.98. The molecule has 1 heterocycles. The molecule has 7 nitrogen and oxygen atoms in total. The lowest BCUT2D eigenvalue weighted by molar-refractivity contribution is 0.402. The zero-order chi connectivity index (χ0) is 20.1. The number of hydrogen-bond acceptors (Lipinski definition) is 6. The third-order valence-corrected chi connectivity index (χ3v) is 5.34. The summed E-state index contributed by atoms with van der Waals surface area (Å²) in [5.41, 5.74) is 2.22. The fourth-order valence-corrected chi connectivity index (χ4v) is 3.86. The van der Waals surface area contributed by atoms with Crippen molar-refractivity contribution in [3.8, 4) is 11.8 Å². The summed E-state index contributed by atoms with van der Waals surface area (Å²) in [5, 5.41) is 12.2. The second-order valence-electron chi connectivity index (χ2n) is 5.97. The first-order valence-electron chi connectivity index (χ1n) is 8.32. The molecule has 1 aromatic heterocycles. The average molecular weight is 394 g/mol. The Morgan fingerprint density at radius 3 is 2.57 bits per heavy atom. The minimum atomic E-state index is -3.84. The van der Waals surface area contributed by atoms with Crippen LogP contribution in [0.25, 0.3) is 0 Å². The number of nitrogens with one attached hydrogen (secondary N) is 2. The number of nitriles is 1. The summed E-state index contributed by atoms with van der Waals surface area (Å²) < 4.78 is 33.1. The first-order valence-corrected chi connectivity index (χ1v) is 9.81. The number of methoxy groups -OCH3 is 1. The van der Waals surface area contributed by atoms with Crippen LogP contribution in [0.15, 0.2) is 65.7 Å². The first-order chi connectivity index (χ1) is 13.4. The summed E-state index contributed by atoms with van der Waals surface area (Å²) in [6.45, 7) is 1.81. The third kappa shape index (κ3) is 4.22. The molecule has 142 valence electrons. The molecule has 28 heavy (non-hydrogen) atoms. The van der Waals surface area contributed by atoms with Gasteiger partial charge in [-0.05, 0) is 48.9 Å². The maximum absolute atomic E-state index is 12.7. The maximum Gasteiger partial charge on any atom is 0.265 e. The van der Waals surface area contributed by atoms with E-state index in [9.17, 15) is 8.42 Å². The fourth-order valence-electron chi connectivity index (χ4n) is 2.56. The van der Waals surface area contributed by atoms with Crippen molar-refractivity contribution < 1.29 is 13.2 Å². The largest absolute Gasteiger partial charge is 0.495 e. The van der Waals surface area contributed by atoms with Gasteiger partial charge in [0.15, 0.2) is 0 Å². The first kappa shape index (κ1) is 19.2. The molecule has 0 bridgehead atoms. The van der Waals surface area contributed by atoms with Gasteiger partial charge in [0.05, 0.1) is 30.2 Å². The molecule has 0 unspecified atom stereocenters. The highest BCUT2D eigenvalue weighted by atomic mass is 32.2. The van der Waals surface area contributed by atoms with E-state index < -0.39 is 10.0 Å². The molecule has 0 radical (unpaired) electrons. The van der Waals surface area contributed by atoms with Gasteiger partial charge < -0.3 is 10.1 Å². The van der Waals surface area contributed by atoms with Crippen molar-refractivity contribution in [2.75, 3.05) is 17.1 Å². The Balaban J connectivity index is 1.81. The standard InChI is InChI=1S/C20H18N4O3S/c1-14-7-9-18(27-2)19(11-14)28(25,26)24-16-8-10-20(22-13-16)23-17-6-4-3-5-15(17)12-21/h3-11,13,24H,1-2H3,(H,22,23). The number of aromatic nitrogens is 1. The number of para-hydroxylation sites is 1. The molecule has 0 saturated heterocycles. The van der Waals surface area contributed by atoms with Crippen LogP contribution < -0.4 is 14.8 Å². The molecule has 8 heteroatoms. The van der Waals surface area contributed by atoms with Gasteiger partial charge in [0.2, 0.25) is 0 Å². The minimum Gasteiger partial charge on any atom is -0.495 e. The van der Waals surface area contributed by atoms with Crippen molar-refractivity contribution in [3.63, 3.8) is 0 Å². The van der Waals surface area contributed by atoms with Crippen molar-refractivity contribution in [1.82, 2.24) is 4.98 Å². The topological polar surface area (TPSA) is 104 Å². The molecule has 0 aliphatic carbocycles. The Morgan fingerprint density at radius 1 is 1.11 bits per heavy atom. The summed E-state index contributed by atoms with van der Waals surface area (Å²) >= 11 is 0. The normalized spacial score (nSPS) is 10.8. The Hall–Kier alpha value is -3.57. The number of ether oxygens (including phenoxy) is 1. The average Bonchev–Trinajstić information content (AvgIpc) is 2.69.